The van der Waals surface area contributed by atoms with Crippen LogP contribution in [0.25, 0.3) is 0 Å². The van der Waals surface area contributed by atoms with Crippen molar-refractivity contribution in [1.82, 2.24) is 10.6 Å². The molecule has 0 spiro atoms. The third-order valence-electron chi connectivity index (χ3n) is 9.52. The van der Waals surface area contributed by atoms with Crippen LogP contribution in [0.4, 0.5) is 0 Å². The summed E-state index contributed by atoms with van der Waals surface area (Å²) in [5, 5.41) is 16.3. The molecule has 3 fully saturated rings. The summed E-state index contributed by atoms with van der Waals surface area (Å²) in [5.41, 5.74) is -0.135. The highest BCUT2D eigenvalue weighted by Crippen LogP contribution is 2.59. The summed E-state index contributed by atoms with van der Waals surface area (Å²) in [6.07, 6.45) is 17.4. The van der Waals surface area contributed by atoms with E-state index in [9.17, 15) is 19.5 Å². The molecular formula is C29H38N2O4. The van der Waals surface area contributed by atoms with E-state index in [-0.39, 0.29) is 28.9 Å². The molecule has 2 aliphatic heterocycles. The monoisotopic (exact) mass is 478 g/mol. The van der Waals surface area contributed by atoms with Crippen molar-refractivity contribution in [2.24, 2.45) is 47.3 Å². The van der Waals surface area contributed by atoms with Crippen LogP contribution in [0.5, 0.6) is 0 Å². The van der Waals surface area contributed by atoms with E-state index in [0.29, 0.717) is 49.0 Å². The molecule has 2 bridgehead atoms. The van der Waals surface area contributed by atoms with Gasteiger partial charge in [0.15, 0.2) is 5.78 Å². The summed E-state index contributed by atoms with van der Waals surface area (Å²) in [5.74, 6) is 3.16. The molecule has 0 radical (unpaired) electrons. The molecule has 5 rings (SSSR count). The summed E-state index contributed by atoms with van der Waals surface area (Å²) >= 11 is 0. The van der Waals surface area contributed by atoms with Crippen molar-refractivity contribution in [3.8, 4) is 0 Å². The van der Waals surface area contributed by atoms with Crippen LogP contribution in [-0.2, 0) is 14.4 Å². The highest BCUT2D eigenvalue weighted by Gasteiger charge is 2.52. The quantitative estimate of drug-likeness (QED) is 0.392. The van der Waals surface area contributed by atoms with E-state index in [4.69, 9.17) is 0 Å². The minimum absolute atomic E-state index is 0.117. The van der Waals surface area contributed by atoms with Gasteiger partial charge < -0.3 is 15.7 Å². The molecule has 1 saturated heterocycles. The molecule has 2 amide bonds. The summed E-state index contributed by atoms with van der Waals surface area (Å²) in [6, 6.07) is -0.645. The molecule has 0 aromatic carbocycles. The third-order valence-corrected chi connectivity index (χ3v) is 9.52. The predicted octanol–water partition coefficient (Wildman–Crippen LogP) is 4.02. The number of carbonyl (C=O) groups is 3. The smallest absolute Gasteiger partial charge is 0.259 e. The molecule has 35 heavy (non-hydrogen) atoms. The normalized spacial score (nSPS) is 43.3. The maximum Gasteiger partial charge on any atom is 0.259 e. The van der Waals surface area contributed by atoms with Gasteiger partial charge in [0.1, 0.15) is 11.3 Å². The number of carbonyl (C=O) groups excluding carboxylic acids is 3. The second-order valence-corrected chi connectivity index (χ2v) is 11.3. The van der Waals surface area contributed by atoms with Crippen molar-refractivity contribution in [2.45, 2.75) is 58.4 Å². The van der Waals surface area contributed by atoms with Crippen LogP contribution in [0, 0.1) is 47.3 Å². The summed E-state index contributed by atoms with van der Waals surface area (Å²) in [7, 11) is 0. The lowest BCUT2D eigenvalue weighted by Gasteiger charge is -2.35. The number of fused-ring (bicyclic) bond motifs is 7. The van der Waals surface area contributed by atoms with E-state index in [1.54, 1.807) is 12.2 Å². The molecule has 3 aliphatic carbocycles. The van der Waals surface area contributed by atoms with Gasteiger partial charge in [0.05, 0.1) is 6.04 Å². The molecule has 5 aliphatic rings. The number of aliphatic hydroxyl groups excluding tert-OH is 1. The number of aliphatic hydroxyl groups is 1. The maximum atomic E-state index is 12.8. The number of ketones is 1. The van der Waals surface area contributed by atoms with Crippen LogP contribution in [0.2, 0.25) is 0 Å². The Morgan fingerprint density at radius 1 is 1.00 bits per heavy atom. The van der Waals surface area contributed by atoms with Crippen LogP contribution in [-0.4, -0.2) is 35.3 Å². The van der Waals surface area contributed by atoms with E-state index >= 15 is 0 Å². The Balaban J connectivity index is 1.46. The zero-order chi connectivity index (χ0) is 24.7. The average molecular weight is 479 g/mol. The van der Waals surface area contributed by atoms with Crippen molar-refractivity contribution in [1.29, 1.82) is 0 Å². The molecule has 0 aromatic rings. The molecule has 0 unspecified atom stereocenters. The first-order valence-electron chi connectivity index (χ1n) is 13.5. The van der Waals surface area contributed by atoms with Gasteiger partial charge in [-0.3, -0.25) is 14.4 Å². The van der Waals surface area contributed by atoms with Crippen molar-refractivity contribution in [3.05, 3.63) is 47.8 Å². The predicted molar refractivity (Wildman–Crippen MR) is 134 cm³/mol. The van der Waals surface area contributed by atoms with Crippen molar-refractivity contribution in [2.75, 3.05) is 6.54 Å². The van der Waals surface area contributed by atoms with Gasteiger partial charge in [0.2, 0.25) is 5.91 Å². The van der Waals surface area contributed by atoms with Gasteiger partial charge in [-0.25, -0.2) is 0 Å². The Morgan fingerprint density at radius 3 is 2.57 bits per heavy atom. The van der Waals surface area contributed by atoms with Gasteiger partial charge in [-0.1, -0.05) is 44.6 Å². The molecule has 6 nitrogen and oxygen atoms in total. The van der Waals surface area contributed by atoms with Crippen LogP contribution in [0.15, 0.2) is 47.8 Å². The maximum absolute atomic E-state index is 12.8. The van der Waals surface area contributed by atoms with Gasteiger partial charge in [-0.2, -0.15) is 0 Å². The second-order valence-electron chi connectivity index (χ2n) is 11.3. The molecule has 6 heteroatoms. The fraction of sp³-hybridized carbons (Fsp3) is 0.621. The molecular weight excluding hydrogens is 440 g/mol. The van der Waals surface area contributed by atoms with E-state index in [1.165, 1.54) is 12.8 Å². The van der Waals surface area contributed by atoms with Crippen molar-refractivity contribution in [3.63, 3.8) is 0 Å². The lowest BCUT2D eigenvalue weighted by atomic mass is 9.69. The molecule has 3 N–H and O–H groups in total. The lowest BCUT2D eigenvalue weighted by molar-refractivity contribution is -0.118. The Labute approximate surface area is 208 Å². The van der Waals surface area contributed by atoms with Crippen molar-refractivity contribution < 1.29 is 19.5 Å². The van der Waals surface area contributed by atoms with Gasteiger partial charge in [0.25, 0.3) is 5.91 Å². The lowest BCUT2D eigenvalue weighted by Crippen LogP contribution is -2.31. The number of allylic oxidation sites excluding steroid dienone is 5. The first-order valence-corrected chi connectivity index (χ1v) is 13.5. The van der Waals surface area contributed by atoms with Gasteiger partial charge in [-0.05, 0) is 91.6 Å². The van der Waals surface area contributed by atoms with E-state index < -0.39 is 11.9 Å². The van der Waals surface area contributed by atoms with Crippen molar-refractivity contribution >= 4 is 17.6 Å². The number of nitrogens with one attached hydrogen (secondary N) is 2. The second kappa shape index (κ2) is 9.79. The molecule has 188 valence electrons. The third kappa shape index (κ3) is 4.41. The Bertz CT molecular complexity index is 1010. The van der Waals surface area contributed by atoms with Crippen LogP contribution in [0.3, 0.4) is 0 Å². The summed E-state index contributed by atoms with van der Waals surface area (Å²) in [4.78, 5) is 37.6. The molecule has 9 atom stereocenters. The minimum Gasteiger partial charge on any atom is -0.507 e. The summed E-state index contributed by atoms with van der Waals surface area (Å²) in [6.45, 7) is 5.14. The fourth-order valence-electron chi connectivity index (χ4n) is 7.92. The Morgan fingerprint density at radius 2 is 1.77 bits per heavy atom. The van der Waals surface area contributed by atoms with Gasteiger partial charge >= 0.3 is 0 Å². The number of hydrogen-bond donors (Lipinski definition) is 3. The standard InChI is InChI=1S/C29H38N2O4/c1-3-18-16(2)14-22-20(18)10-11-21-19-6-4-8-26(33)30-13-5-7-24-28(34)27(29(35)31-24)25(32)12-9-17(19)15-23(21)22/h4,8-12,16-24,32H,3,5-7,13-15H2,1-2H3,(H,30,33)(H,31,35)/b8-4-,12-9+,27-25?/t16-,17-,18-,19+,20+,21-,22+,23+,24+/m1/s1. The highest BCUT2D eigenvalue weighted by molar-refractivity contribution is 6.27. The van der Waals surface area contributed by atoms with E-state index in [0.717, 1.165) is 24.7 Å². The zero-order valence-electron chi connectivity index (χ0n) is 20.8. The Hall–Kier alpha value is -2.63. The molecule has 2 heterocycles. The van der Waals surface area contributed by atoms with E-state index in [1.807, 2.05) is 12.2 Å². The zero-order valence-corrected chi connectivity index (χ0v) is 20.8. The molecule has 2 saturated carbocycles. The number of Topliss-reactive ketones (excluding diaryl/α,β-unsaturated/α-hetero) is 1. The average Bonchev–Trinajstić information content (AvgIpc) is 3.44. The largest absolute Gasteiger partial charge is 0.507 e. The van der Waals surface area contributed by atoms with Crippen LogP contribution < -0.4 is 10.6 Å². The SMILES string of the molecule is CC[C@H]1[C@@H]2C=C[C@@H]3[C@H]4C/C=C\C(=O)NCCC[C@@H]5NC(=O)C(=C(O)/C=C/[C@@H]4C[C@@H]3[C@H]2C[C@H]1C)C5=O. The first-order chi connectivity index (χ1) is 16.9. The summed E-state index contributed by atoms with van der Waals surface area (Å²) < 4.78 is 0. The fourth-order valence-corrected chi connectivity index (χ4v) is 7.92. The molecule has 0 aromatic heterocycles. The topological polar surface area (TPSA) is 95.5 Å². The van der Waals surface area contributed by atoms with E-state index in [2.05, 4.69) is 36.6 Å². The van der Waals surface area contributed by atoms with Gasteiger partial charge in [-0.15, -0.1) is 0 Å². The number of rotatable bonds is 1. The van der Waals surface area contributed by atoms with Crippen LogP contribution in [0.1, 0.15) is 52.4 Å². The van der Waals surface area contributed by atoms with Crippen LogP contribution >= 0.6 is 0 Å². The Kier molecular flexibility index (Phi) is 6.73. The number of hydrogen-bond acceptors (Lipinski definition) is 4. The van der Waals surface area contributed by atoms with Gasteiger partial charge in [0, 0.05) is 6.54 Å². The highest BCUT2D eigenvalue weighted by atomic mass is 16.3. The number of amides is 2. The minimum atomic E-state index is -0.645. The first kappa shape index (κ1) is 24.1.